The largest absolute Gasteiger partial charge is 0.401 e. The molecule has 6 nitrogen and oxygen atoms in total. The van der Waals surface area contributed by atoms with Gasteiger partial charge in [0.25, 0.3) is 0 Å². The number of allylic oxidation sites excluding steroid dienone is 1. The quantitative estimate of drug-likeness (QED) is 0.250. The third-order valence-electron chi connectivity index (χ3n) is 7.43. The maximum absolute atomic E-state index is 13.9. The van der Waals surface area contributed by atoms with Gasteiger partial charge in [0.15, 0.2) is 0 Å². The zero-order valence-electron chi connectivity index (χ0n) is 21.3. The van der Waals surface area contributed by atoms with Crippen molar-refractivity contribution in [2.75, 3.05) is 7.05 Å². The highest BCUT2D eigenvalue weighted by molar-refractivity contribution is 6.06. The summed E-state index contributed by atoms with van der Waals surface area (Å²) in [5.41, 5.74) is 12.0. The minimum atomic E-state index is -0.995. The first kappa shape index (κ1) is 24.3. The van der Waals surface area contributed by atoms with E-state index in [9.17, 15) is 9.50 Å². The molecule has 1 saturated carbocycles. The van der Waals surface area contributed by atoms with E-state index < -0.39 is 5.60 Å². The van der Waals surface area contributed by atoms with Crippen molar-refractivity contribution in [1.29, 1.82) is 0 Å². The fourth-order valence-corrected chi connectivity index (χ4v) is 5.47. The summed E-state index contributed by atoms with van der Waals surface area (Å²) in [5, 5.41) is 13.3. The van der Waals surface area contributed by atoms with E-state index >= 15 is 0 Å². The van der Waals surface area contributed by atoms with Crippen LogP contribution < -0.4 is 11.6 Å². The van der Waals surface area contributed by atoms with Gasteiger partial charge in [-0.15, -0.1) is 0 Å². The summed E-state index contributed by atoms with van der Waals surface area (Å²) >= 11 is 0. The molecular formula is C29H34FN5O. The van der Waals surface area contributed by atoms with Gasteiger partial charge in [-0.2, -0.15) is 0 Å². The fraction of sp³-hybridized carbons (Fsp3) is 0.345. The first-order valence-electron chi connectivity index (χ1n) is 12.4. The highest BCUT2D eigenvalue weighted by Gasteiger charge is 2.33. The minimum absolute atomic E-state index is 0.00420. The van der Waals surface area contributed by atoms with Crippen molar-refractivity contribution in [1.82, 2.24) is 14.6 Å². The third-order valence-corrected chi connectivity index (χ3v) is 7.43. The van der Waals surface area contributed by atoms with Gasteiger partial charge >= 0.3 is 0 Å². The van der Waals surface area contributed by atoms with Crippen LogP contribution in [0.25, 0.3) is 27.6 Å². The lowest BCUT2D eigenvalue weighted by molar-refractivity contribution is 0.0787. The Kier molecular flexibility index (Phi) is 6.01. The molecule has 0 aliphatic heterocycles. The molecule has 5 rings (SSSR count). The number of hydrazine groups is 1. The molecule has 5 N–H and O–H groups in total. The summed E-state index contributed by atoms with van der Waals surface area (Å²) in [6.07, 6.45) is 5.18. The van der Waals surface area contributed by atoms with Gasteiger partial charge in [0.05, 0.1) is 33.9 Å². The number of aromatic nitrogens is 2. The predicted molar refractivity (Wildman–Crippen MR) is 143 cm³/mol. The molecule has 0 spiro atoms. The number of halogens is 1. The van der Waals surface area contributed by atoms with E-state index in [2.05, 4.69) is 16.7 Å². The van der Waals surface area contributed by atoms with Crippen LogP contribution in [-0.4, -0.2) is 26.7 Å². The van der Waals surface area contributed by atoms with Crippen LogP contribution in [0.1, 0.15) is 62.8 Å². The van der Waals surface area contributed by atoms with Gasteiger partial charge < -0.3 is 20.4 Å². The Morgan fingerprint density at radius 3 is 2.39 bits per heavy atom. The molecule has 36 heavy (non-hydrogen) atoms. The minimum Gasteiger partial charge on any atom is -0.401 e. The molecule has 1 atom stereocenters. The second kappa shape index (κ2) is 8.91. The van der Waals surface area contributed by atoms with Gasteiger partial charge in [0, 0.05) is 29.9 Å². The summed E-state index contributed by atoms with van der Waals surface area (Å²) in [6, 6.07) is 15.0. The average molecular weight is 488 g/mol. The molecule has 0 amide bonds. The Morgan fingerprint density at radius 1 is 1.14 bits per heavy atom. The molecule has 7 heteroatoms. The second-order valence-corrected chi connectivity index (χ2v) is 10.6. The van der Waals surface area contributed by atoms with Crippen LogP contribution in [0.15, 0.2) is 60.4 Å². The number of aliphatic hydroxyl groups is 1. The number of fused-ring (bicyclic) bond motifs is 3. The van der Waals surface area contributed by atoms with Crippen molar-refractivity contribution in [2.24, 2.45) is 17.5 Å². The zero-order valence-corrected chi connectivity index (χ0v) is 21.3. The highest BCUT2D eigenvalue weighted by Crippen LogP contribution is 2.45. The second-order valence-electron chi connectivity index (χ2n) is 10.6. The SMILES string of the molecule is C/C(N)=C(\c1cnc2c3ccc(C(C)(C)O)cc3n(C(c3ccc(F)cc3)C3CCC3)c2c1)N(C)N. The zero-order chi connectivity index (χ0) is 25.8. The van der Waals surface area contributed by atoms with Gasteiger partial charge in [-0.3, -0.25) is 4.98 Å². The van der Waals surface area contributed by atoms with E-state index in [0.29, 0.717) is 17.3 Å². The maximum atomic E-state index is 13.9. The lowest BCUT2D eigenvalue weighted by Gasteiger charge is -2.36. The van der Waals surface area contributed by atoms with Crippen molar-refractivity contribution >= 4 is 27.6 Å². The first-order valence-corrected chi connectivity index (χ1v) is 12.4. The fourth-order valence-electron chi connectivity index (χ4n) is 5.47. The van der Waals surface area contributed by atoms with E-state index in [4.69, 9.17) is 16.6 Å². The van der Waals surface area contributed by atoms with E-state index in [1.807, 2.05) is 31.2 Å². The van der Waals surface area contributed by atoms with Gasteiger partial charge in [-0.1, -0.05) is 30.7 Å². The van der Waals surface area contributed by atoms with E-state index in [-0.39, 0.29) is 11.9 Å². The molecule has 1 aliphatic rings. The van der Waals surface area contributed by atoms with Crippen molar-refractivity contribution in [3.8, 4) is 0 Å². The Labute approximate surface area is 211 Å². The van der Waals surface area contributed by atoms with Gasteiger partial charge in [-0.05, 0) is 74.9 Å². The molecule has 1 fully saturated rings. The van der Waals surface area contributed by atoms with E-state index in [1.54, 1.807) is 27.1 Å². The number of hydrogen-bond donors (Lipinski definition) is 3. The molecule has 1 unspecified atom stereocenters. The molecule has 0 radical (unpaired) electrons. The van der Waals surface area contributed by atoms with E-state index in [0.717, 1.165) is 51.5 Å². The Morgan fingerprint density at radius 2 is 1.83 bits per heavy atom. The summed E-state index contributed by atoms with van der Waals surface area (Å²) in [4.78, 5) is 4.89. The Hall–Kier alpha value is -3.42. The lowest BCUT2D eigenvalue weighted by atomic mass is 9.77. The lowest BCUT2D eigenvalue weighted by Crippen LogP contribution is -2.27. The standard InChI is InChI=1S/C29H34FN5O/c1-17(31)27(34(4)32)20-14-25-26(33-16-20)23-13-10-21(29(2,3)36)15-24(23)35(25)28(18-6-5-7-18)19-8-11-22(30)12-9-19/h8-16,18,28,36H,5-7,31-32H2,1-4H3/b27-17-. The first-order chi connectivity index (χ1) is 17.1. The van der Waals surface area contributed by atoms with Crippen LogP contribution in [0.2, 0.25) is 0 Å². The topological polar surface area (TPSA) is 93.3 Å². The van der Waals surface area contributed by atoms with Gasteiger partial charge in [0.1, 0.15) is 5.82 Å². The summed E-state index contributed by atoms with van der Waals surface area (Å²) < 4.78 is 16.2. The van der Waals surface area contributed by atoms with Crippen molar-refractivity contribution in [2.45, 2.75) is 51.7 Å². The van der Waals surface area contributed by atoms with Gasteiger partial charge in [-0.25, -0.2) is 10.2 Å². The smallest absolute Gasteiger partial charge is 0.123 e. The van der Waals surface area contributed by atoms with Crippen LogP contribution in [0, 0.1) is 11.7 Å². The molecule has 188 valence electrons. The monoisotopic (exact) mass is 487 g/mol. The number of benzene rings is 2. The van der Waals surface area contributed by atoms with E-state index in [1.165, 1.54) is 23.6 Å². The number of nitrogens with two attached hydrogens (primary N) is 2. The van der Waals surface area contributed by atoms with Crippen LogP contribution in [0.5, 0.6) is 0 Å². The summed E-state index contributed by atoms with van der Waals surface area (Å²) in [6.45, 7) is 5.40. The van der Waals surface area contributed by atoms with Gasteiger partial charge in [0.2, 0.25) is 0 Å². The average Bonchev–Trinajstić information content (AvgIpc) is 3.08. The molecule has 1 aliphatic carbocycles. The summed E-state index contributed by atoms with van der Waals surface area (Å²) in [7, 11) is 1.76. The number of rotatable bonds is 6. The Balaban J connectivity index is 1.87. The normalized spacial score (nSPS) is 16.2. The molecule has 0 saturated heterocycles. The van der Waals surface area contributed by atoms with Crippen molar-refractivity contribution in [3.63, 3.8) is 0 Å². The third kappa shape index (κ3) is 4.12. The maximum Gasteiger partial charge on any atom is 0.123 e. The van der Waals surface area contributed by atoms with Crippen LogP contribution in [-0.2, 0) is 5.60 Å². The molecular weight excluding hydrogens is 453 g/mol. The highest BCUT2D eigenvalue weighted by atomic mass is 19.1. The van der Waals surface area contributed by atoms with Crippen molar-refractivity contribution < 1.29 is 9.50 Å². The summed E-state index contributed by atoms with van der Waals surface area (Å²) in [5.74, 6) is 6.30. The number of pyridine rings is 1. The van der Waals surface area contributed by atoms with Crippen LogP contribution in [0.3, 0.4) is 0 Å². The predicted octanol–water partition coefficient (Wildman–Crippen LogP) is 5.40. The number of hydrogen-bond acceptors (Lipinski definition) is 5. The van der Waals surface area contributed by atoms with Crippen LogP contribution >= 0.6 is 0 Å². The molecule has 2 heterocycles. The Bertz CT molecular complexity index is 1460. The molecule has 0 bridgehead atoms. The van der Waals surface area contributed by atoms with Crippen LogP contribution in [0.4, 0.5) is 4.39 Å². The number of nitrogens with zero attached hydrogens (tertiary/aromatic N) is 3. The van der Waals surface area contributed by atoms with Crippen molar-refractivity contribution in [3.05, 3.63) is 82.9 Å². The molecule has 4 aromatic rings. The molecule has 2 aromatic carbocycles. The molecule has 2 aromatic heterocycles.